The van der Waals surface area contributed by atoms with Crippen molar-refractivity contribution in [3.8, 4) is 0 Å². The molecule has 0 aliphatic heterocycles. The van der Waals surface area contributed by atoms with E-state index in [1.54, 1.807) is 0 Å². The third kappa shape index (κ3) is 13.6. The largest absolute Gasteiger partial charge is 0.437 e. The molecule has 0 saturated carbocycles. The number of hydrogen-bond acceptors (Lipinski definition) is 6. The molecular weight excluding hydrogens is 341 g/mol. The van der Waals surface area contributed by atoms with Crippen LogP contribution in [0.5, 0.6) is 0 Å². The van der Waals surface area contributed by atoms with E-state index < -0.39 is 13.8 Å². The molecule has 0 aliphatic carbocycles. The Hall–Kier alpha value is -0.260. The zero-order chi connectivity index (χ0) is 20.9. The number of ether oxygens (including phenoxy) is 3. The molecule has 1 unspecified atom stereocenters. The van der Waals surface area contributed by atoms with Gasteiger partial charge in [0.05, 0.1) is 31.8 Å². The monoisotopic (exact) mass is 382 g/mol. The molecule has 6 nitrogen and oxygen atoms in total. The van der Waals surface area contributed by atoms with Crippen molar-refractivity contribution in [1.82, 2.24) is 0 Å². The summed E-state index contributed by atoms with van der Waals surface area (Å²) >= 11 is 0. The van der Waals surface area contributed by atoms with Gasteiger partial charge in [-0.2, -0.15) is 0 Å². The first kappa shape index (κ1) is 19.5. The fourth-order valence-corrected chi connectivity index (χ4v) is 2.57. The van der Waals surface area contributed by atoms with Crippen LogP contribution in [0.1, 0.15) is 51.0 Å². The smallest absolute Gasteiger partial charge is 0.228 e. The fraction of sp³-hybridized carbons (Fsp3) is 0.944. The van der Waals surface area contributed by atoms with Crippen LogP contribution in [-0.2, 0) is 23.3 Å². The van der Waals surface area contributed by atoms with Gasteiger partial charge in [0.15, 0.2) is 6.40 Å². The van der Waals surface area contributed by atoms with Gasteiger partial charge >= 0.3 is 0 Å². The zero-order valence-corrected chi connectivity index (χ0v) is 16.8. The van der Waals surface area contributed by atoms with E-state index in [-0.39, 0.29) is 0 Å². The van der Waals surface area contributed by atoms with Crippen molar-refractivity contribution in [3.63, 3.8) is 0 Å². The highest BCUT2D eigenvalue weighted by Gasteiger charge is 2.33. The van der Waals surface area contributed by atoms with E-state index in [0.29, 0.717) is 92.8 Å². The van der Waals surface area contributed by atoms with Crippen LogP contribution in [0.2, 0.25) is 0 Å². The van der Waals surface area contributed by atoms with Gasteiger partial charge in [0.25, 0.3) is 0 Å². The summed E-state index contributed by atoms with van der Waals surface area (Å²) in [5, 5.41) is 0. The van der Waals surface area contributed by atoms with Crippen LogP contribution in [0.3, 0.4) is 0 Å². The molecule has 0 spiro atoms. The minimum absolute atomic E-state index is 0.328. The molecule has 0 radical (unpaired) electrons. The molecule has 0 amide bonds. The summed E-state index contributed by atoms with van der Waals surface area (Å²) in [4.78, 5) is 4.03. The Morgan fingerprint density at radius 2 is 1.44 bits per heavy atom. The molecule has 0 rings (SSSR count). The topological polar surface area (TPSA) is 58.5 Å². The van der Waals surface area contributed by atoms with E-state index >= 15 is 0 Å². The molecule has 1 atom stereocenters. The average molecular weight is 382 g/mol. The lowest BCUT2D eigenvalue weighted by Gasteiger charge is -2.33. The molecule has 0 fully saturated rings. The minimum Gasteiger partial charge on any atom is -0.437 e. The second-order valence-corrected chi connectivity index (χ2v) is 6.99. The highest BCUT2D eigenvalue weighted by Crippen LogP contribution is 2.35. The lowest BCUT2D eigenvalue weighted by Crippen LogP contribution is -2.41. The third-order valence-electron chi connectivity index (χ3n) is 3.10. The molecule has 0 aliphatic rings. The number of hydrogen-bond donors (Lipinski definition) is 0. The molecule has 7 heteroatoms. The van der Waals surface area contributed by atoms with Gasteiger partial charge in [-0.05, 0) is 26.2 Å². The van der Waals surface area contributed by atoms with Gasteiger partial charge in [-0.15, -0.1) is 0 Å². The molecule has 25 heavy (non-hydrogen) atoms. The van der Waals surface area contributed by atoms with Crippen molar-refractivity contribution in [2.75, 3.05) is 59.5 Å². The maximum atomic E-state index is 7.25. The normalized spacial score (nSPS) is 15.0. The molecule has 0 aromatic rings. The predicted octanol–water partition coefficient (Wildman–Crippen LogP) is 4.28. The highest BCUT2D eigenvalue weighted by molar-refractivity contribution is 7.46. The van der Waals surface area contributed by atoms with Crippen LogP contribution < -0.4 is 0 Å². The van der Waals surface area contributed by atoms with Gasteiger partial charge in [-0.1, -0.05) is 20.7 Å². The first-order valence-electron chi connectivity index (χ1n) is 10.9. The summed E-state index contributed by atoms with van der Waals surface area (Å²) in [6.45, 7) is 8.47. The van der Waals surface area contributed by atoms with Crippen molar-refractivity contribution in [2.45, 2.75) is 46.9 Å². The lowest BCUT2D eigenvalue weighted by molar-refractivity contribution is -0.0875. The summed E-state index contributed by atoms with van der Waals surface area (Å²) in [5.41, 5.74) is -0.506. The summed E-state index contributed by atoms with van der Waals surface area (Å²) < 4.78 is 50.5. The van der Waals surface area contributed by atoms with Crippen molar-refractivity contribution in [3.05, 3.63) is 0 Å². The maximum absolute atomic E-state index is 7.25. The van der Waals surface area contributed by atoms with Crippen molar-refractivity contribution < 1.29 is 27.4 Å². The van der Waals surface area contributed by atoms with Gasteiger partial charge in [0.2, 0.25) is 8.38 Å². The van der Waals surface area contributed by atoms with E-state index in [2.05, 4.69) is 4.99 Å². The number of rotatable bonds is 18. The maximum Gasteiger partial charge on any atom is 0.228 e. The van der Waals surface area contributed by atoms with Crippen LogP contribution in [0.15, 0.2) is 4.99 Å². The summed E-state index contributed by atoms with van der Waals surface area (Å²) in [7, 11) is -1.13. The van der Waals surface area contributed by atoms with Crippen LogP contribution >= 0.6 is 8.38 Å². The number of nitrogens with zero attached hydrogens (tertiary/aromatic N) is 1. The molecule has 0 heterocycles. The quantitative estimate of drug-likeness (QED) is 0.153. The van der Waals surface area contributed by atoms with Gasteiger partial charge in [-0.3, -0.25) is 4.99 Å². The molecule has 0 aromatic carbocycles. The van der Waals surface area contributed by atoms with E-state index in [9.17, 15) is 0 Å². The Morgan fingerprint density at radius 3 is 1.88 bits per heavy atom. The molecule has 0 saturated heterocycles. The molecule has 0 N–H and O–H groups in total. The van der Waals surface area contributed by atoms with Crippen molar-refractivity contribution in [1.29, 1.82) is 0 Å². The fourth-order valence-electron chi connectivity index (χ4n) is 1.85. The Kier molecular flexibility index (Phi) is 13.4. The van der Waals surface area contributed by atoms with Crippen molar-refractivity contribution in [2.24, 2.45) is 10.4 Å². The molecular formula is C18H38NO5P. The van der Waals surface area contributed by atoms with Crippen LogP contribution in [0, 0.1) is 5.41 Å². The van der Waals surface area contributed by atoms with Gasteiger partial charge in [-0.25, -0.2) is 0 Å². The molecule has 150 valence electrons. The second kappa shape index (κ2) is 17.2. The van der Waals surface area contributed by atoms with Gasteiger partial charge < -0.3 is 23.3 Å². The standard InChI is InChI=1S/C18H38NO5P/c1-6-10-20-13-18(14-21-11-7-2,15-22-12-8-3)16-23-25(5)24-17-19-9-4/h17H,6-16H2,1-5H3/i1D,2D,3D. The van der Waals surface area contributed by atoms with Crippen LogP contribution in [-0.4, -0.2) is 65.9 Å². The first-order chi connectivity index (χ1) is 13.6. The SMILES string of the molecule is [2H]CCCOCC(COCCC[2H])(COCCC[2H])COP(C)OC=NCC. The van der Waals surface area contributed by atoms with E-state index in [0.717, 1.165) is 0 Å². The van der Waals surface area contributed by atoms with E-state index in [1.807, 2.05) is 13.6 Å². The van der Waals surface area contributed by atoms with Gasteiger partial charge in [0.1, 0.15) is 0 Å². The summed E-state index contributed by atoms with van der Waals surface area (Å²) in [6.07, 6.45) is 3.45. The summed E-state index contributed by atoms with van der Waals surface area (Å²) in [5.74, 6) is 0. The van der Waals surface area contributed by atoms with Crippen LogP contribution in [0.4, 0.5) is 0 Å². The average Bonchev–Trinajstić information content (AvgIpc) is 2.70. The molecule has 0 aromatic heterocycles. The lowest BCUT2D eigenvalue weighted by atomic mass is 9.92. The zero-order valence-electron chi connectivity index (χ0n) is 18.9. The Bertz CT molecular complexity index is 339. The van der Waals surface area contributed by atoms with Crippen molar-refractivity contribution >= 4 is 14.8 Å². The second-order valence-electron chi connectivity index (χ2n) is 5.64. The Morgan fingerprint density at radius 1 is 0.920 bits per heavy atom. The highest BCUT2D eigenvalue weighted by atomic mass is 31.2. The predicted molar refractivity (Wildman–Crippen MR) is 105 cm³/mol. The summed E-state index contributed by atoms with van der Waals surface area (Å²) in [6, 6.07) is 0. The third-order valence-corrected chi connectivity index (χ3v) is 3.98. The Balaban J connectivity index is 4.86. The number of aliphatic imine (C=N–C) groups is 1. The Labute approximate surface area is 159 Å². The van der Waals surface area contributed by atoms with Crippen LogP contribution in [0.25, 0.3) is 0 Å². The van der Waals surface area contributed by atoms with Gasteiger partial charge in [0, 0.05) is 37.1 Å². The molecule has 0 bridgehead atoms. The van der Waals surface area contributed by atoms with E-state index in [4.69, 9.17) is 27.4 Å². The van der Waals surface area contributed by atoms with E-state index in [1.165, 1.54) is 6.40 Å². The minimum atomic E-state index is -1.13. The first-order valence-corrected chi connectivity index (χ1v) is 10.4.